The fourth-order valence-corrected chi connectivity index (χ4v) is 19.5. The zero-order valence-corrected chi connectivity index (χ0v) is 30.8. The summed E-state index contributed by atoms with van der Waals surface area (Å²) in [6, 6.07) is 34.7. The van der Waals surface area contributed by atoms with Gasteiger partial charge < -0.3 is 0 Å². The molecule has 0 fully saturated rings. The van der Waals surface area contributed by atoms with Crippen LogP contribution in [0.3, 0.4) is 0 Å². The predicted molar refractivity (Wildman–Crippen MR) is 184 cm³/mol. The van der Waals surface area contributed by atoms with Crippen molar-refractivity contribution in [2.75, 3.05) is 0 Å². The number of fused-ring (bicyclic) bond motifs is 3. The van der Waals surface area contributed by atoms with Gasteiger partial charge in [-0.1, -0.05) is 0 Å². The van der Waals surface area contributed by atoms with E-state index in [1.54, 1.807) is 21.0 Å². The first kappa shape index (κ1) is 32.6. The second-order valence-electron chi connectivity index (χ2n) is 13.4. The van der Waals surface area contributed by atoms with Crippen LogP contribution in [0.15, 0.2) is 113 Å². The molecule has 0 amide bonds. The summed E-state index contributed by atoms with van der Waals surface area (Å²) in [4.78, 5) is 0. The maximum Gasteiger partial charge on any atom is -0.147 e. The summed E-state index contributed by atoms with van der Waals surface area (Å²) in [6.45, 7) is 14.2. The van der Waals surface area contributed by atoms with Gasteiger partial charge in [-0.25, -0.2) is 0 Å². The van der Waals surface area contributed by atoms with Gasteiger partial charge in [0.2, 0.25) is 0 Å². The van der Waals surface area contributed by atoms with Gasteiger partial charge in [-0.15, -0.1) is 24.8 Å². The van der Waals surface area contributed by atoms with Crippen LogP contribution < -0.4 is 3.32 Å². The third-order valence-corrected chi connectivity index (χ3v) is 19.8. The van der Waals surface area contributed by atoms with Crippen LogP contribution >= 0.6 is 24.8 Å². The third kappa shape index (κ3) is 6.17. The smallest absolute Gasteiger partial charge is 0.147 e. The molecule has 3 heteroatoms. The van der Waals surface area contributed by atoms with Crippen molar-refractivity contribution >= 4 is 31.4 Å². The molecule has 42 heavy (non-hydrogen) atoms. The van der Waals surface area contributed by atoms with E-state index in [-0.39, 0.29) is 35.6 Å². The Morgan fingerprint density at radius 2 is 1.26 bits per heavy atom. The molecule has 4 aromatic carbocycles. The van der Waals surface area contributed by atoms with E-state index in [0.717, 1.165) is 12.8 Å². The maximum absolute atomic E-state index is 2.94. The van der Waals surface area contributed by atoms with Crippen LogP contribution in [0.2, 0.25) is 0 Å². The second-order valence-corrected chi connectivity index (χ2v) is 22.0. The van der Waals surface area contributed by atoms with Crippen LogP contribution in [-0.2, 0) is 38.2 Å². The minimum absolute atomic E-state index is 0. The molecule has 2 aliphatic rings. The number of benzene rings is 4. The van der Waals surface area contributed by atoms with E-state index in [9.17, 15) is 0 Å². The van der Waals surface area contributed by atoms with Gasteiger partial charge in [0.15, 0.2) is 0 Å². The monoisotopic (exact) mass is 760 g/mol. The van der Waals surface area contributed by atoms with Gasteiger partial charge in [0, 0.05) is 0 Å². The average molecular weight is 760 g/mol. The molecule has 0 spiro atoms. The van der Waals surface area contributed by atoms with Crippen molar-refractivity contribution < 1.29 is 21.0 Å². The Morgan fingerprint density at radius 1 is 0.667 bits per heavy atom. The number of allylic oxidation sites excluding steroid dienone is 4. The zero-order chi connectivity index (χ0) is 28.1. The van der Waals surface area contributed by atoms with Crippen LogP contribution in [0.1, 0.15) is 81.3 Å². The van der Waals surface area contributed by atoms with Crippen LogP contribution in [0.5, 0.6) is 0 Å². The molecule has 0 unspecified atom stereocenters. The van der Waals surface area contributed by atoms with Gasteiger partial charge in [0.25, 0.3) is 0 Å². The van der Waals surface area contributed by atoms with E-state index >= 15 is 0 Å². The van der Waals surface area contributed by atoms with Crippen molar-refractivity contribution in [1.29, 1.82) is 0 Å². The Morgan fingerprint density at radius 3 is 1.79 bits per heavy atom. The Balaban J connectivity index is 0.00000202. The van der Waals surface area contributed by atoms with Gasteiger partial charge in [-0.3, -0.25) is 0 Å². The van der Waals surface area contributed by atoms with Crippen LogP contribution in [0.4, 0.5) is 0 Å². The molecule has 0 heterocycles. The van der Waals surface area contributed by atoms with Crippen molar-refractivity contribution in [1.82, 2.24) is 0 Å². The average Bonchev–Trinajstić information content (AvgIpc) is 3.59. The fourth-order valence-electron chi connectivity index (χ4n) is 6.40. The first-order valence-corrected chi connectivity index (χ1v) is 20.0. The van der Waals surface area contributed by atoms with Crippen molar-refractivity contribution in [3.63, 3.8) is 0 Å². The molecule has 0 N–H and O–H groups in total. The molecule has 0 aromatic heterocycles. The molecule has 0 saturated heterocycles. The van der Waals surface area contributed by atoms with E-state index in [2.05, 4.69) is 151 Å². The molecular formula is C39H42Cl2Hf. The minimum atomic E-state index is -2.94. The quantitative estimate of drug-likeness (QED) is 0.160. The van der Waals surface area contributed by atoms with Crippen molar-refractivity contribution in [3.8, 4) is 11.1 Å². The van der Waals surface area contributed by atoms with E-state index < -0.39 is 21.0 Å². The summed E-state index contributed by atoms with van der Waals surface area (Å²) in [5.41, 5.74) is 12.0. The minimum Gasteiger partial charge on any atom is -0.147 e. The first-order chi connectivity index (χ1) is 19.1. The molecule has 0 atom stereocenters. The molecule has 0 radical (unpaired) electrons. The summed E-state index contributed by atoms with van der Waals surface area (Å²) >= 11 is -2.94. The summed E-state index contributed by atoms with van der Waals surface area (Å²) in [6.07, 6.45) is 9.27. The SMILES string of the molecule is CC(C)(C)c1ccc2c(c1)Cc1c-2ccc(C(C)(C)C)[c]1[Hf]([C]1=CC=CC1)=[C](c1ccccc1)c1ccccc1.Cl.Cl. The summed E-state index contributed by atoms with van der Waals surface area (Å²) in [5, 5.41) is 0. The van der Waals surface area contributed by atoms with Crippen LogP contribution in [0, 0.1) is 0 Å². The van der Waals surface area contributed by atoms with Gasteiger partial charge in [0.05, 0.1) is 0 Å². The number of hydrogen-bond acceptors (Lipinski definition) is 0. The van der Waals surface area contributed by atoms with Crippen molar-refractivity contribution in [2.45, 2.75) is 65.2 Å². The van der Waals surface area contributed by atoms with Gasteiger partial charge in [0.1, 0.15) is 0 Å². The second kappa shape index (κ2) is 12.7. The molecule has 216 valence electrons. The zero-order valence-electron chi connectivity index (χ0n) is 25.6. The molecule has 2 aliphatic carbocycles. The summed E-state index contributed by atoms with van der Waals surface area (Å²) in [5.74, 6) is 0. The first-order valence-electron chi connectivity index (χ1n) is 14.6. The Labute approximate surface area is 272 Å². The van der Waals surface area contributed by atoms with E-state index in [0.29, 0.717) is 0 Å². The predicted octanol–water partition coefficient (Wildman–Crippen LogP) is 10.1. The Kier molecular flexibility index (Phi) is 9.88. The largest absolute Gasteiger partial charge is 0.147 e. The standard InChI is InChI=1S/C21H25.C13H10.C5H5.2ClH.Hf/c1-20(2,3)16-7-9-18-14(12-16)11-15-13-17(21(4,5)6)8-10-19(15)18;1-3-7-12(8-4-1)11-13-9-5-2-6-10-13;1-2-4-5-3-1;;;/h7-10,12H,11H2,1-6H3;1-10H;1-3H,4H2;2*1H;. The Bertz CT molecular complexity index is 1640. The van der Waals surface area contributed by atoms with Crippen molar-refractivity contribution in [2.24, 2.45) is 0 Å². The molecule has 6 rings (SSSR count). The summed E-state index contributed by atoms with van der Waals surface area (Å²) in [7, 11) is 0. The molecular weight excluding hydrogens is 718 g/mol. The Hall–Kier alpha value is -2.32. The van der Waals surface area contributed by atoms with Crippen LogP contribution in [0.25, 0.3) is 11.1 Å². The van der Waals surface area contributed by atoms with Gasteiger partial charge >= 0.3 is 250 Å². The van der Waals surface area contributed by atoms with E-state index in [1.807, 2.05) is 0 Å². The number of rotatable bonds is 4. The molecule has 0 aliphatic heterocycles. The molecule has 0 bridgehead atoms. The topological polar surface area (TPSA) is 0 Å². The fraction of sp³-hybridized carbons (Fsp3) is 0.256. The molecule has 4 aromatic rings. The van der Waals surface area contributed by atoms with Crippen molar-refractivity contribution in [3.05, 3.63) is 146 Å². The van der Waals surface area contributed by atoms with E-state index in [4.69, 9.17) is 0 Å². The van der Waals surface area contributed by atoms with Gasteiger partial charge in [-0.05, 0) is 0 Å². The summed E-state index contributed by atoms with van der Waals surface area (Å²) < 4.78 is 5.03. The number of halogens is 2. The molecule has 0 saturated carbocycles. The van der Waals surface area contributed by atoms with E-state index in [1.165, 1.54) is 33.4 Å². The number of hydrogen-bond donors (Lipinski definition) is 0. The van der Waals surface area contributed by atoms with Crippen LogP contribution in [-0.4, -0.2) is 3.26 Å². The maximum atomic E-state index is 2.50. The third-order valence-electron chi connectivity index (χ3n) is 8.47. The van der Waals surface area contributed by atoms with Gasteiger partial charge in [-0.2, -0.15) is 0 Å². The molecule has 0 nitrogen and oxygen atoms in total. The normalized spacial score (nSPS) is 13.4.